The number of aliphatic hydroxyl groups is 1. The van der Waals surface area contributed by atoms with Gasteiger partial charge in [-0.25, -0.2) is 0 Å². The molecule has 16 heavy (non-hydrogen) atoms. The van der Waals surface area contributed by atoms with Gasteiger partial charge in [-0.1, -0.05) is 32.6 Å². The van der Waals surface area contributed by atoms with Gasteiger partial charge in [-0.2, -0.15) is 0 Å². The van der Waals surface area contributed by atoms with Gasteiger partial charge in [0.05, 0.1) is 6.61 Å². The largest absolute Gasteiger partial charge is 0.395 e. The lowest BCUT2D eigenvalue weighted by Gasteiger charge is -2.34. The lowest BCUT2D eigenvalue weighted by Crippen LogP contribution is -2.45. The van der Waals surface area contributed by atoms with Crippen LogP contribution in [0.4, 0.5) is 0 Å². The Kier molecular flexibility index (Phi) is 4.66. The van der Waals surface area contributed by atoms with E-state index in [1.807, 2.05) is 0 Å². The van der Waals surface area contributed by atoms with E-state index in [9.17, 15) is 5.11 Å². The van der Waals surface area contributed by atoms with Crippen molar-refractivity contribution in [3.8, 4) is 0 Å². The van der Waals surface area contributed by atoms with Gasteiger partial charge in [0.15, 0.2) is 0 Å². The molecule has 0 aromatic heterocycles. The zero-order chi connectivity index (χ0) is 11.4. The highest BCUT2D eigenvalue weighted by Crippen LogP contribution is 2.31. The molecule has 94 valence electrons. The molecular formula is C14H27NO. The van der Waals surface area contributed by atoms with Gasteiger partial charge in [-0.3, -0.25) is 0 Å². The molecule has 2 N–H and O–H groups in total. The van der Waals surface area contributed by atoms with Gasteiger partial charge < -0.3 is 10.4 Å². The molecule has 2 aliphatic carbocycles. The Morgan fingerprint density at radius 2 is 1.69 bits per heavy atom. The summed E-state index contributed by atoms with van der Waals surface area (Å²) in [7, 11) is 0. The maximum Gasteiger partial charge on any atom is 0.0587 e. The first-order chi connectivity index (χ1) is 7.79. The number of hydrogen-bond donors (Lipinski definition) is 2. The zero-order valence-electron chi connectivity index (χ0n) is 10.6. The molecule has 0 heterocycles. The smallest absolute Gasteiger partial charge is 0.0587 e. The molecular weight excluding hydrogens is 198 g/mol. The molecule has 0 amide bonds. The first-order valence-electron chi connectivity index (χ1n) is 7.16. The highest BCUT2D eigenvalue weighted by Gasteiger charge is 2.28. The Bertz CT molecular complexity index is 193. The van der Waals surface area contributed by atoms with E-state index >= 15 is 0 Å². The van der Waals surface area contributed by atoms with Crippen LogP contribution in [0.1, 0.15) is 58.3 Å². The highest BCUT2D eigenvalue weighted by atomic mass is 16.3. The molecule has 0 spiro atoms. The Hall–Kier alpha value is -0.0800. The van der Waals surface area contributed by atoms with Gasteiger partial charge in [0, 0.05) is 12.1 Å². The van der Waals surface area contributed by atoms with Crippen LogP contribution in [0.2, 0.25) is 0 Å². The SMILES string of the molecule is CC1CCC(C(CO)NC2CCCC2)CC1. The summed E-state index contributed by atoms with van der Waals surface area (Å²) in [4.78, 5) is 0. The molecule has 2 fully saturated rings. The van der Waals surface area contributed by atoms with Crippen LogP contribution >= 0.6 is 0 Å². The summed E-state index contributed by atoms with van der Waals surface area (Å²) in [6.45, 7) is 2.68. The van der Waals surface area contributed by atoms with E-state index in [0.717, 1.165) is 11.8 Å². The van der Waals surface area contributed by atoms with Crippen molar-refractivity contribution in [2.45, 2.75) is 70.4 Å². The minimum atomic E-state index is 0.329. The number of rotatable bonds is 4. The quantitative estimate of drug-likeness (QED) is 0.771. The molecule has 2 heteroatoms. The molecule has 0 bridgehead atoms. The van der Waals surface area contributed by atoms with Crippen LogP contribution in [-0.4, -0.2) is 23.8 Å². The van der Waals surface area contributed by atoms with E-state index in [4.69, 9.17) is 0 Å². The van der Waals surface area contributed by atoms with Gasteiger partial charge in [0.1, 0.15) is 0 Å². The van der Waals surface area contributed by atoms with Crippen LogP contribution in [0.25, 0.3) is 0 Å². The Balaban J connectivity index is 1.79. The third-order valence-corrected chi connectivity index (χ3v) is 4.63. The summed E-state index contributed by atoms with van der Waals surface area (Å²) < 4.78 is 0. The average Bonchev–Trinajstić information content (AvgIpc) is 2.80. The van der Waals surface area contributed by atoms with E-state index in [0.29, 0.717) is 18.7 Å². The number of aliphatic hydroxyl groups excluding tert-OH is 1. The molecule has 0 saturated heterocycles. The maximum absolute atomic E-state index is 9.54. The molecule has 1 unspecified atom stereocenters. The molecule has 0 radical (unpaired) electrons. The summed E-state index contributed by atoms with van der Waals surface area (Å²) >= 11 is 0. The lowest BCUT2D eigenvalue weighted by molar-refractivity contribution is 0.148. The summed E-state index contributed by atoms with van der Waals surface area (Å²) in [5.74, 6) is 1.63. The lowest BCUT2D eigenvalue weighted by atomic mass is 9.79. The van der Waals surface area contributed by atoms with Gasteiger partial charge in [0.2, 0.25) is 0 Å². The van der Waals surface area contributed by atoms with E-state index in [-0.39, 0.29) is 0 Å². The second kappa shape index (κ2) is 6.02. The second-order valence-corrected chi connectivity index (χ2v) is 5.96. The van der Waals surface area contributed by atoms with Gasteiger partial charge >= 0.3 is 0 Å². The van der Waals surface area contributed by atoms with Crippen molar-refractivity contribution in [1.29, 1.82) is 0 Å². The van der Waals surface area contributed by atoms with Crippen molar-refractivity contribution in [2.24, 2.45) is 11.8 Å². The van der Waals surface area contributed by atoms with E-state index < -0.39 is 0 Å². The standard InChI is InChI=1S/C14H27NO/c1-11-6-8-12(9-7-11)14(10-16)15-13-4-2-3-5-13/h11-16H,2-10H2,1H3. The van der Waals surface area contributed by atoms with Crippen LogP contribution in [0, 0.1) is 11.8 Å². The Morgan fingerprint density at radius 1 is 1.06 bits per heavy atom. The van der Waals surface area contributed by atoms with Crippen LogP contribution in [-0.2, 0) is 0 Å². The van der Waals surface area contributed by atoms with Crippen LogP contribution in [0.15, 0.2) is 0 Å². The minimum Gasteiger partial charge on any atom is -0.395 e. The third kappa shape index (κ3) is 3.21. The van der Waals surface area contributed by atoms with Gasteiger partial charge in [-0.15, -0.1) is 0 Å². The first kappa shape index (κ1) is 12.4. The predicted octanol–water partition coefficient (Wildman–Crippen LogP) is 2.71. The van der Waals surface area contributed by atoms with Crippen molar-refractivity contribution >= 4 is 0 Å². The Labute approximate surface area is 99.8 Å². The van der Waals surface area contributed by atoms with E-state index in [1.54, 1.807) is 0 Å². The molecule has 2 nitrogen and oxygen atoms in total. The van der Waals surface area contributed by atoms with Crippen LogP contribution in [0.5, 0.6) is 0 Å². The van der Waals surface area contributed by atoms with Crippen LogP contribution in [0.3, 0.4) is 0 Å². The molecule has 0 aromatic carbocycles. The van der Waals surface area contributed by atoms with Crippen molar-refractivity contribution < 1.29 is 5.11 Å². The summed E-state index contributed by atoms with van der Waals surface area (Å²) in [5.41, 5.74) is 0. The summed E-state index contributed by atoms with van der Waals surface area (Å²) in [6, 6.07) is 1.06. The zero-order valence-corrected chi connectivity index (χ0v) is 10.6. The molecule has 2 saturated carbocycles. The normalized spacial score (nSPS) is 34.1. The maximum atomic E-state index is 9.54. The minimum absolute atomic E-state index is 0.329. The second-order valence-electron chi connectivity index (χ2n) is 5.96. The average molecular weight is 225 g/mol. The van der Waals surface area contributed by atoms with Crippen molar-refractivity contribution in [2.75, 3.05) is 6.61 Å². The van der Waals surface area contributed by atoms with Crippen molar-refractivity contribution in [3.63, 3.8) is 0 Å². The first-order valence-corrected chi connectivity index (χ1v) is 7.16. The fourth-order valence-corrected chi connectivity index (χ4v) is 3.42. The van der Waals surface area contributed by atoms with E-state index in [1.165, 1.54) is 51.4 Å². The van der Waals surface area contributed by atoms with Crippen molar-refractivity contribution in [3.05, 3.63) is 0 Å². The number of nitrogens with one attached hydrogen (secondary N) is 1. The molecule has 0 aromatic rings. The summed E-state index contributed by atoms with van der Waals surface area (Å²) in [5, 5.41) is 13.2. The predicted molar refractivity (Wildman–Crippen MR) is 67.4 cm³/mol. The monoisotopic (exact) mass is 225 g/mol. The Morgan fingerprint density at radius 3 is 2.25 bits per heavy atom. The third-order valence-electron chi connectivity index (χ3n) is 4.63. The fourth-order valence-electron chi connectivity index (χ4n) is 3.42. The topological polar surface area (TPSA) is 32.3 Å². The number of hydrogen-bond acceptors (Lipinski definition) is 2. The van der Waals surface area contributed by atoms with E-state index in [2.05, 4.69) is 12.2 Å². The van der Waals surface area contributed by atoms with Crippen LogP contribution < -0.4 is 5.32 Å². The van der Waals surface area contributed by atoms with Gasteiger partial charge in [0.25, 0.3) is 0 Å². The summed E-state index contributed by atoms with van der Waals surface area (Å²) in [6.07, 6.45) is 10.7. The fraction of sp³-hybridized carbons (Fsp3) is 1.00. The molecule has 2 rings (SSSR count). The molecule has 1 atom stereocenters. The van der Waals surface area contributed by atoms with Gasteiger partial charge in [-0.05, 0) is 37.5 Å². The molecule has 0 aliphatic heterocycles. The van der Waals surface area contributed by atoms with Crippen molar-refractivity contribution in [1.82, 2.24) is 5.32 Å². The highest BCUT2D eigenvalue weighted by molar-refractivity contribution is 4.85. The molecule has 2 aliphatic rings.